The number of aryl methyl sites for hydroxylation is 1. The van der Waals surface area contributed by atoms with E-state index < -0.39 is 0 Å². The Labute approximate surface area is 108 Å². The molecule has 0 N–H and O–H groups in total. The molecule has 1 heterocycles. The number of ketones is 1. The zero-order chi connectivity index (χ0) is 11.7. The summed E-state index contributed by atoms with van der Waals surface area (Å²) in [6.45, 7) is 1.90. The fraction of sp³-hybridized carbons (Fsp3) is 0.0833. The van der Waals surface area contributed by atoms with Gasteiger partial charge in [0.1, 0.15) is 0 Å². The van der Waals surface area contributed by atoms with Gasteiger partial charge in [0, 0.05) is 10.6 Å². The topological polar surface area (TPSA) is 17.1 Å². The van der Waals surface area contributed by atoms with Gasteiger partial charge in [-0.2, -0.15) is 0 Å². The predicted molar refractivity (Wildman–Crippen MR) is 69.0 cm³/mol. The number of carbonyl (C=O) groups excluding carboxylic acids is 1. The summed E-state index contributed by atoms with van der Waals surface area (Å²) < 4.78 is 0. The third-order valence-corrected chi connectivity index (χ3v) is 4.00. The number of thiophene rings is 1. The molecule has 0 bridgehead atoms. The van der Waals surface area contributed by atoms with E-state index >= 15 is 0 Å². The number of rotatable bonds is 2. The largest absolute Gasteiger partial charge is 0.288 e. The van der Waals surface area contributed by atoms with Gasteiger partial charge in [0.05, 0.1) is 9.90 Å². The molecule has 1 nitrogen and oxygen atoms in total. The van der Waals surface area contributed by atoms with Gasteiger partial charge in [0.15, 0.2) is 0 Å². The molecule has 2 rings (SSSR count). The summed E-state index contributed by atoms with van der Waals surface area (Å²) in [5, 5.41) is 2.89. The van der Waals surface area contributed by atoms with Crippen LogP contribution in [0.3, 0.4) is 0 Å². The third-order valence-electron chi connectivity index (χ3n) is 2.26. The van der Waals surface area contributed by atoms with Gasteiger partial charge in [-0.1, -0.05) is 35.3 Å². The van der Waals surface area contributed by atoms with E-state index in [2.05, 4.69) is 0 Å². The van der Waals surface area contributed by atoms with Gasteiger partial charge in [-0.15, -0.1) is 11.3 Å². The van der Waals surface area contributed by atoms with Crippen molar-refractivity contribution in [3.05, 3.63) is 55.7 Å². The fourth-order valence-corrected chi connectivity index (χ4v) is 2.60. The van der Waals surface area contributed by atoms with Crippen molar-refractivity contribution in [1.82, 2.24) is 0 Å². The second kappa shape index (κ2) is 4.58. The van der Waals surface area contributed by atoms with Crippen LogP contribution in [-0.4, -0.2) is 5.78 Å². The Bertz CT molecular complexity index is 546. The number of hydrogen-bond acceptors (Lipinski definition) is 2. The van der Waals surface area contributed by atoms with Crippen molar-refractivity contribution in [3.63, 3.8) is 0 Å². The minimum Gasteiger partial charge on any atom is -0.288 e. The van der Waals surface area contributed by atoms with Gasteiger partial charge < -0.3 is 0 Å². The molecule has 0 fully saturated rings. The van der Waals surface area contributed by atoms with E-state index in [1.807, 2.05) is 13.0 Å². The molecule has 0 unspecified atom stereocenters. The second-order valence-corrected chi connectivity index (χ2v) is 5.12. The van der Waals surface area contributed by atoms with Crippen LogP contribution in [-0.2, 0) is 0 Å². The molecular formula is C12H8Cl2OS. The molecule has 0 radical (unpaired) electrons. The minimum absolute atomic E-state index is 0.0816. The van der Waals surface area contributed by atoms with Crippen molar-refractivity contribution < 1.29 is 4.79 Å². The zero-order valence-electron chi connectivity index (χ0n) is 8.46. The maximum Gasteiger partial charge on any atom is 0.204 e. The molecule has 1 aromatic heterocycles. The number of carbonyl (C=O) groups is 1. The molecule has 16 heavy (non-hydrogen) atoms. The molecular weight excluding hydrogens is 263 g/mol. The average molecular weight is 271 g/mol. The molecule has 0 aliphatic heterocycles. The van der Waals surface area contributed by atoms with Gasteiger partial charge in [0.2, 0.25) is 5.78 Å². The SMILES string of the molecule is Cc1ccc(C(=O)c2sccc2Cl)cc1Cl. The third kappa shape index (κ3) is 2.14. The van der Waals surface area contributed by atoms with Gasteiger partial charge >= 0.3 is 0 Å². The van der Waals surface area contributed by atoms with E-state index in [9.17, 15) is 4.79 Å². The molecule has 0 spiro atoms. The number of benzene rings is 1. The molecule has 82 valence electrons. The second-order valence-electron chi connectivity index (χ2n) is 3.39. The Morgan fingerprint density at radius 1 is 1.19 bits per heavy atom. The maximum absolute atomic E-state index is 12.1. The first-order valence-corrected chi connectivity index (χ1v) is 6.27. The molecule has 4 heteroatoms. The van der Waals surface area contributed by atoms with Crippen molar-refractivity contribution in [2.75, 3.05) is 0 Å². The quantitative estimate of drug-likeness (QED) is 0.730. The van der Waals surface area contributed by atoms with Crippen LogP contribution in [0.5, 0.6) is 0 Å². The molecule has 0 saturated heterocycles. The highest BCUT2D eigenvalue weighted by molar-refractivity contribution is 7.13. The van der Waals surface area contributed by atoms with E-state index in [1.54, 1.807) is 23.6 Å². The summed E-state index contributed by atoms with van der Waals surface area (Å²) in [5.41, 5.74) is 1.52. The van der Waals surface area contributed by atoms with Crippen LogP contribution in [0.1, 0.15) is 20.8 Å². The number of halogens is 2. The lowest BCUT2D eigenvalue weighted by Crippen LogP contribution is -1.99. The molecule has 0 aliphatic carbocycles. The minimum atomic E-state index is -0.0816. The highest BCUT2D eigenvalue weighted by atomic mass is 35.5. The lowest BCUT2D eigenvalue weighted by molar-refractivity contribution is 0.104. The zero-order valence-corrected chi connectivity index (χ0v) is 10.8. The first kappa shape index (κ1) is 11.6. The fourth-order valence-electron chi connectivity index (χ4n) is 1.32. The summed E-state index contributed by atoms with van der Waals surface area (Å²) >= 11 is 13.2. The predicted octanol–water partition coefficient (Wildman–Crippen LogP) is 4.59. The standard InChI is InChI=1S/C12H8Cl2OS/c1-7-2-3-8(6-10(7)14)11(15)12-9(13)4-5-16-12/h2-6H,1H3. The summed E-state index contributed by atoms with van der Waals surface area (Å²) in [6, 6.07) is 6.99. The van der Waals surface area contributed by atoms with Crippen molar-refractivity contribution in [1.29, 1.82) is 0 Å². The van der Waals surface area contributed by atoms with Crippen LogP contribution in [0, 0.1) is 6.92 Å². The van der Waals surface area contributed by atoms with Gasteiger partial charge in [0.25, 0.3) is 0 Å². The van der Waals surface area contributed by atoms with Crippen LogP contribution in [0.2, 0.25) is 10.0 Å². The smallest absolute Gasteiger partial charge is 0.204 e. The molecule has 2 aromatic rings. The maximum atomic E-state index is 12.1. The summed E-state index contributed by atoms with van der Waals surface area (Å²) in [4.78, 5) is 12.6. The highest BCUT2D eigenvalue weighted by Crippen LogP contribution is 2.26. The Morgan fingerprint density at radius 3 is 2.50 bits per heavy atom. The van der Waals surface area contributed by atoms with Crippen LogP contribution in [0.4, 0.5) is 0 Å². The van der Waals surface area contributed by atoms with E-state index in [0.29, 0.717) is 20.5 Å². The lowest BCUT2D eigenvalue weighted by Gasteiger charge is -2.02. The number of hydrogen-bond donors (Lipinski definition) is 0. The molecule has 0 atom stereocenters. The van der Waals surface area contributed by atoms with Crippen LogP contribution in [0.25, 0.3) is 0 Å². The molecule has 0 saturated carbocycles. The first-order chi connectivity index (χ1) is 7.59. The van der Waals surface area contributed by atoms with E-state index in [1.165, 1.54) is 11.3 Å². The Balaban J connectivity index is 2.42. The van der Waals surface area contributed by atoms with Crippen molar-refractivity contribution in [2.45, 2.75) is 6.92 Å². The summed E-state index contributed by atoms with van der Waals surface area (Å²) in [5.74, 6) is -0.0816. The molecule has 0 amide bonds. The van der Waals surface area contributed by atoms with Crippen LogP contribution in [0.15, 0.2) is 29.6 Å². The monoisotopic (exact) mass is 270 g/mol. The highest BCUT2D eigenvalue weighted by Gasteiger charge is 2.14. The Hall–Kier alpha value is -0.830. The van der Waals surface area contributed by atoms with Gasteiger partial charge in [-0.05, 0) is 30.0 Å². The van der Waals surface area contributed by atoms with E-state index in [-0.39, 0.29) is 5.78 Å². The summed E-state index contributed by atoms with van der Waals surface area (Å²) in [6.07, 6.45) is 0. The van der Waals surface area contributed by atoms with E-state index in [0.717, 1.165) is 5.56 Å². The summed E-state index contributed by atoms with van der Waals surface area (Å²) in [7, 11) is 0. The first-order valence-electron chi connectivity index (χ1n) is 4.63. The van der Waals surface area contributed by atoms with Crippen LogP contribution >= 0.6 is 34.5 Å². The van der Waals surface area contributed by atoms with E-state index in [4.69, 9.17) is 23.2 Å². The molecule has 1 aromatic carbocycles. The van der Waals surface area contributed by atoms with Crippen molar-refractivity contribution in [3.8, 4) is 0 Å². The lowest BCUT2D eigenvalue weighted by atomic mass is 10.1. The normalized spacial score (nSPS) is 10.4. The van der Waals surface area contributed by atoms with Gasteiger partial charge in [-0.25, -0.2) is 0 Å². The van der Waals surface area contributed by atoms with Crippen molar-refractivity contribution in [2.24, 2.45) is 0 Å². The Morgan fingerprint density at radius 2 is 1.94 bits per heavy atom. The van der Waals surface area contributed by atoms with Crippen molar-refractivity contribution >= 4 is 40.3 Å². The average Bonchev–Trinajstić information content (AvgIpc) is 2.67. The van der Waals surface area contributed by atoms with Gasteiger partial charge in [-0.3, -0.25) is 4.79 Å². The van der Waals surface area contributed by atoms with Crippen LogP contribution < -0.4 is 0 Å². The Kier molecular flexibility index (Phi) is 3.33. The molecule has 0 aliphatic rings.